The van der Waals surface area contributed by atoms with Crippen LogP contribution in [0, 0.1) is 0 Å². The third-order valence-electron chi connectivity index (χ3n) is 4.51. The number of nitrogens with zero attached hydrogens (tertiary/aromatic N) is 3. The molecule has 0 radical (unpaired) electrons. The molecular formula is C18H32IN5. The van der Waals surface area contributed by atoms with Crippen molar-refractivity contribution in [1.82, 2.24) is 9.80 Å². The molecule has 1 aliphatic rings. The van der Waals surface area contributed by atoms with Gasteiger partial charge in [0.2, 0.25) is 0 Å². The van der Waals surface area contributed by atoms with Gasteiger partial charge in [0.15, 0.2) is 5.96 Å². The molecule has 1 aromatic carbocycles. The molecule has 1 aromatic rings. The van der Waals surface area contributed by atoms with Crippen LogP contribution in [0.15, 0.2) is 29.3 Å². The monoisotopic (exact) mass is 445 g/mol. The summed E-state index contributed by atoms with van der Waals surface area (Å²) in [7, 11) is 2.17. The fraction of sp³-hybridized carbons (Fsp3) is 0.611. The minimum Gasteiger partial charge on any atom is -0.370 e. The predicted molar refractivity (Wildman–Crippen MR) is 115 cm³/mol. The van der Waals surface area contributed by atoms with Gasteiger partial charge in [0.1, 0.15) is 0 Å². The van der Waals surface area contributed by atoms with E-state index in [1.54, 1.807) is 0 Å². The second kappa shape index (κ2) is 10.2. The molecule has 3 N–H and O–H groups in total. The highest BCUT2D eigenvalue weighted by atomic mass is 127. The molecule has 0 aromatic heterocycles. The summed E-state index contributed by atoms with van der Waals surface area (Å²) in [6.07, 6.45) is 0. The SMILES string of the molecule is CC(C)c1cccc(NC(N)=NCC(C)N2CCN(C)CC2)c1.I. The zero-order chi connectivity index (χ0) is 16.8. The molecule has 1 atom stereocenters. The van der Waals surface area contributed by atoms with E-state index >= 15 is 0 Å². The Morgan fingerprint density at radius 2 is 1.88 bits per heavy atom. The molecule has 6 heteroatoms. The van der Waals surface area contributed by atoms with Crippen LogP contribution in [0.3, 0.4) is 0 Å². The molecule has 0 amide bonds. The van der Waals surface area contributed by atoms with Gasteiger partial charge in [0.25, 0.3) is 0 Å². The summed E-state index contributed by atoms with van der Waals surface area (Å²) in [5.74, 6) is 0.999. The minimum absolute atomic E-state index is 0. The number of nitrogens with one attached hydrogen (secondary N) is 1. The van der Waals surface area contributed by atoms with Crippen LogP contribution in [-0.2, 0) is 0 Å². The highest BCUT2D eigenvalue weighted by Crippen LogP contribution is 2.18. The zero-order valence-corrected chi connectivity index (χ0v) is 17.7. The van der Waals surface area contributed by atoms with E-state index in [0.717, 1.165) is 38.4 Å². The fourth-order valence-electron chi connectivity index (χ4n) is 2.77. The summed E-state index contributed by atoms with van der Waals surface area (Å²) in [5.41, 5.74) is 8.35. The third-order valence-corrected chi connectivity index (χ3v) is 4.51. The first kappa shape index (κ1) is 21.2. The summed E-state index contributed by atoms with van der Waals surface area (Å²) < 4.78 is 0. The van der Waals surface area contributed by atoms with Crippen molar-refractivity contribution in [2.75, 3.05) is 45.1 Å². The molecule has 0 aliphatic carbocycles. The van der Waals surface area contributed by atoms with Crippen molar-refractivity contribution < 1.29 is 0 Å². The van der Waals surface area contributed by atoms with Gasteiger partial charge in [-0.2, -0.15) is 0 Å². The number of likely N-dealkylation sites (N-methyl/N-ethyl adjacent to an activating group) is 1. The molecule has 136 valence electrons. The van der Waals surface area contributed by atoms with Gasteiger partial charge >= 0.3 is 0 Å². The minimum atomic E-state index is 0. The van der Waals surface area contributed by atoms with Crippen molar-refractivity contribution >= 4 is 35.6 Å². The highest BCUT2D eigenvalue weighted by molar-refractivity contribution is 14.0. The van der Waals surface area contributed by atoms with E-state index in [-0.39, 0.29) is 24.0 Å². The van der Waals surface area contributed by atoms with Gasteiger partial charge < -0.3 is 16.0 Å². The molecule has 1 unspecified atom stereocenters. The van der Waals surface area contributed by atoms with Gasteiger partial charge in [-0.3, -0.25) is 9.89 Å². The molecular weight excluding hydrogens is 413 g/mol. The van der Waals surface area contributed by atoms with Gasteiger partial charge in [-0.15, -0.1) is 24.0 Å². The van der Waals surface area contributed by atoms with Crippen LogP contribution in [0.1, 0.15) is 32.3 Å². The summed E-state index contributed by atoms with van der Waals surface area (Å²) in [5, 5.41) is 3.20. The Bertz CT molecular complexity index is 524. The number of aliphatic imine (C=N–C) groups is 1. The molecule has 1 fully saturated rings. The highest BCUT2D eigenvalue weighted by Gasteiger charge is 2.18. The van der Waals surface area contributed by atoms with Crippen LogP contribution in [-0.4, -0.2) is 61.6 Å². The first-order valence-electron chi connectivity index (χ1n) is 8.55. The number of halogens is 1. The number of anilines is 1. The van der Waals surface area contributed by atoms with E-state index in [4.69, 9.17) is 5.73 Å². The molecule has 1 heterocycles. The fourth-order valence-corrected chi connectivity index (χ4v) is 2.77. The maximum Gasteiger partial charge on any atom is 0.193 e. The van der Waals surface area contributed by atoms with Gasteiger partial charge in [0, 0.05) is 37.9 Å². The Kier molecular flexibility index (Phi) is 9.01. The molecule has 5 nitrogen and oxygen atoms in total. The van der Waals surface area contributed by atoms with E-state index in [1.807, 2.05) is 6.07 Å². The van der Waals surface area contributed by atoms with Gasteiger partial charge in [0.05, 0.1) is 6.54 Å². The Labute approximate surface area is 163 Å². The van der Waals surface area contributed by atoms with Crippen LogP contribution in [0.25, 0.3) is 0 Å². The van der Waals surface area contributed by atoms with Crippen LogP contribution in [0.5, 0.6) is 0 Å². The lowest BCUT2D eigenvalue weighted by atomic mass is 10.0. The summed E-state index contributed by atoms with van der Waals surface area (Å²) in [6.45, 7) is 11.8. The van der Waals surface area contributed by atoms with Crippen LogP contribution in [0.4, 0.5) is 5.69 Å². The zero-order valence-electron chi connectivity index (χ0n) is 15.3. The molecule has 1 aliphatic heterocycles. The Morgan fingerprint density at radius 3 is 2.50 bits per heavy atom. The lowest BCUT2D eigenvalue weighted by Crippen LogP contribution is -2.49. The number of piperazine rings is 1. The number of rotatable bonds is 5. The largest absolute Gasteiger partial charge is 0.370 e. The third kappa shape index (κ3) is 6.57. The second-order valence-corrected chi connectivity index (χ2v) is 6.82. The summed E-state index contributed by atoms with van der Waals surface area (Å²) in [4.78, 5) is 9.36. The maximum absolute atomic E-state index is 6.04. The molecule has 1 saturated heterocycles. The lowest BCUT2D eigenvalue weighted by molar-refractivity contribution is 0.122. The van der Waals surface area contributed by atoms with Gasteiger partial charge in [-0.1, -0.05) is 26.0 Å². The molecule has 2 rings (SSSR count). The van der Waals surface area contributed by atoms with Crippen LogP contribution in [0.2, 0.25) is 0 Å². The topological polar surface area (TPSA) is 56.9 Å². The molecule has 0 bridgehead atoms. The predicted octanol–water partition coefficient (Wildman–Crippen LogP) is 2.79. The number of nitrogens with two attached hydrogens (primary N) is 1. The van der Waals surface area contributed by atoms with E-state index in [0.29, 0.717) is 17.9 Å². The van der Waals surface area contributed by atoms with E-state index in [2.05, 4.69) is 66.1 Å². The van der Waals surface area contributed by atoms with E-state index in [9.17, 15) is 0 Å². The normalized spacial score (nSPS) is 18.3. The standard InChI is InChI=1S/C18H31N5.HI/c1-14(2)16-6-5-7-17(12-16)21-18(19)20-13-15(3)23-10-8-22(4)9-11-23;/h5-7,12,14-15H,8-11,13H2,1-4H3,(H3,19,20,21);1H. The number of benzene rings is 1. The lowest BCUT2D eigenvalue weighted by Gasteiger charge is -2.35. The average Bonchev–Trinajstić information content (AvgIpc) is 2.53. The van der Waals surface area contributed by atoms with Gasteiger partial charge in [-0.25, -0.2) is 0 Å². The van der Waals surface area contributed by atoms with E-state index < -0.39 is 0 Å². The van der Waals surface area contributed by atoms with Crippen molar-refractivity contribution in [3.8, 4) is 0 Å². The van der Waals surface area contributed by atoms with E-state index in [1.165, 1.54) is 5.56 Å². The van der Waals surface area contributed by atoms with Crippen molar-refractivity contribution in [3.05, 3.63) is 29.8 Å². The Hall–Kier alpha value is -0.860. The van der Waals surface area contributed by atoms with Crippen LogP contribution < -0.4 is 11.1 Å². The summed E-state index contributed by atoms with van der Waals surface area (Å²) >= 11 is 0. The van der Waals surface area contributed by atoms with Crippen molar-refractivity contribution in [1.29, 1.82) is 0 Å². The second-order valence-electron chi connectivity index (χ2n) is 6.82. The number of hydrogen-bond donors (Lipinski definition) is 2. The van der Waals surface area contributed by atoms with Crippen molar-refractivity contribution in [2.24, 2.45) is 10.7 Å². The number of hydrogen-bond acceptors (Lipinski definition) is 3. The smallest absolute Gasteiger partial charge is 0.193 e. The Morgan fingerprint density at radius 1 is 1.21 bits per heavy atom. The molecule has 0 spiro atoms. The van der Waals surface area contributed by atoms with Gasteiger partial charge in [-0.05, 0) is 37.6 Å². The Balaban J connectivity index is 0.00000288. The molecule has 0 saturated carbocycles. The summed E-state index contributed by atoms with van der Waals surface area (Å²) in [6, 6.07) is 8.77. The number of guanidine groups is 1. The van der Waals surface area contributed by atoms with Crippen LogP contribution >= 0.6 is 24.0 Å². The first-order chi connectivity index (χ1) is 11.0. The quantitative estimate of drug-likeness (QED) is 0.416. The maximum atomic E-state index is 6.04. The average molecular weight is 445 g/mol. The first-order valence-corrected chi connectivity index (χ1v) is 8.55. The van der Waals surface area contributed by atoms with Crippen molar-refractivity contribution in [2.45, 2.75) is 32.7 Å². The van der Waals surface area contributed by atoms with Crippen molar-refractivity contribution in [3.63, 3.8) is 0 Å². The molecule has 24 heavy (non-hydrogen) atoms.